The molecular weight excluding hydrogens is 449 g/mol. The lowest BCUT2D eigenvalue weighted by Crippen LogP contribution is -2.32. The number of carbonyl (C=O) groups is 3. The zero-order chi connectivity index (χ0) is 23.5. The molecule has 7 nitrogen and oxygen atoms in total. The molecule has 0 unspecified atom stereocenters. The van der Waals surface area contributed by atoms with Crippen LogP contribution >= 0.6 is 11.6 Å². The van der Waals surface area contributed by atoms with Gasteiger partial charge in [-0.25, -0.2) is 9.29 Å². The fourth-order valence-corrected chi connectivity index (χ4v) is 3.38. The number of carbonyl (C=O) groups excluding carboxylic acids is 3. The van der Waals surface area contributed by atoms with Crippen LogP contribution in [0.2, 0.25) is 0 Å². The second-order valence-corrected chi connectivity index (χ2v) is 7.37. The van der Waals surface area contributed by atoms with Crippen molar-refractivity contribution in [3.8, 4) is 5.75 Å². The molecule has 166 valence electrons. The van der Waals surface area contributed by atoms with Crippen LogP contribution in [-0.4, -0.2) is 24.8 Å². The molecule has 0 aliphatic carbocycles. The van der Waals surface area contributed by atoms with Gasteiger partial charge >= 0.3 is 0 Å². The van der Waals surface area contributed by atoms with Crippen molar-refractivity contribution < 1.29 is 23.5 Å². The molecule has 0 fully saturated rings. The zero-order valence-corrected chi connectivity index (χ0v) is 18.0. The Balaban J connectivity index is 1.45. The first kappa shape index (κ1) is 22.0. The van der Waals surface area contributed by atoms with E-state index in [0.29, 0.717) is 22.7 Å². The molecule has 1 heterocycles. The number of hydrogen-bond acceptors (Lipinski definition) is 5. The third kappa shape index (κ3) is 4.56. The van der Waals surface area contributed by atoms with Crippen LogP contribution in [0.1, 0.15) is 10.4 Å². The lowest BCUT2D eigenvalue weighted by atomic mass is 10.2. The van der Waals surface area contributed by atoms with Gasteiger partial charge in [-0.15, -0.1) is 0 Å². The molecule has 1 aliphatic heterocycles. The second-order valence-electron chi connectivity index (χ2n) is 7.00. The number of hydrogen-bond donors (Lipinski definition) is 2. The molecular formula is C24H17ClFN3O4. The third-order valence-electron chi connectivity index (χ3n) is 4.88. The average molecular weight is 466 g/mol. The molecule has 33 heavy (non-hydrogen) atoms. The number of methoxy groups -OCH3 is 1. The highest BCUT2D eigenvalue weighted by atomic mass is 35.5. The molecule has 1 aliphatic rings. The summed E-state index contributed by atoms with van der Waals surface area (Å²) in [4.78, 5) is 38.6. The molecule has 2 N–H and O–H groups in total. The molecule has 0 spiro atoms. The Morgan fingerprint density at radius 1 is 0.879 bits per heavy atom. The molecule has 3 aromatic rings. The van der Waals surface area contributed by atoms with Crippen LogP contribution in [-0.2, 0) is 9.59 Å². The summed E-state index contributed by atoms with van der Waals surface area (Å²) in [7, 11) is 1.56. The van der Waals surface area contributed by atoms with Crippen molar-refractivity contribution in [3.63, 3.8) is 0 Å². The summed E-state index contributed by atoms with van der Waals surface area (Å²) < 4.78 is 18.3. The summed E-state index contributed by atoms with van der Waals surface area (Å²) in [6.07, 6.45) is 0. The van der Waals surface area contributed by atoms with E-state index in [-0.39, 0.29) is 22.3 Å². The van der Waals surface area contributed by atoms with Crippen LogP contribution in [0.5, 0.6) is 5.75 Å². The number of benzene rings is 3. The Morgan fingerprint density at radius 3 is 2.09 bits per heavy atom. The fourth-order valence-electron chi connectivity index (χ4n) is 3.16. The van der Waals surface area contributed by atoms with E-state index in [1.54, 1.807) is 55.6 Å². The van der Waals surface area contributed by atoms with Gasteiger partial charge in [0.25, 0.3) is 17.7 Å². The Kier molecular flexibility index (Phi) is 6.10. The SMILES string of the molecule is COc1ccc(NC(=O)c2ccc(NC3=C(Cl)C(=O)N(c4ccc(F)cc4)C3=O)cc2)cc1. The van der Waals surface area contributed by atoms with Crippen LogP contribution in [0.15, 0.2) is 83.5 Å². The van der Waals surface area contributed by atoms with Gasteiger partial charge in [0.2, 0.25) is 0 Å². The second kappa shape index (κ2) is 9.13. The lowest BCUT2D eigenvalue weighted by molar-refractivity contribution is -0.120. The van der Waals surface area contributed by atoms with E-state index in [9.17, 15) is 18.8 Å². The van der Waals surface area contributed by atoms with E-state index in [4.69, 9.17) is 16.3 Å². The average Bonchev–Trinajstić information content (AvgIpc) is 3.04. The van der Waals surface area contributed by atoms with Crippen molar-refractivity contribution >= 4 is 46.4 Å². The van der Waals surface area contributed by atoms with Crippen molar-refractivity contribution in [1.82, 2.24) is 0 Å². The highest BCUT2D eigenvalue weighted by molar-refractivity contribution is 6.53. The van der Waals surface area contributed by atoms with E-state index in [1.165, 1.54) is 12.1 Å². The molecule has 0 saturated carbocycles. The maximum atomic E-state index is 13.2. The van der Waals surface area contributed by atoms with Gasteiger partial charge in [0.1, 0.15) is 22.3 Å². The van der Waals surface area contributed by atoms with Gasteiger partial charge in [0.05, 0.1) is 12.8 Å². The molecule has 9 heteroatoms. The molecule has 0 atom stereocenters. The van der Waals surface area contributed by atoms with E-state index in [1.807, 2.05) is 0 Å². The Labute approximate surface area is 193 Å². The minimum absolute atomic E-state index is 0.110. The van der Waals surface area contributed by atoms with Gasteiger partial charge in [-0.2, -0.15) is 0 Å². The summed E-state index contributed by atoms with van der Waals surface area (Å²) in [5, 5.41) is 5.31. The molecule has 0 radical (unpaired) electrons. The highest BCUT2D eigenvalue weighted by Gasteiger charge is 2.38. The Bertz CT molecular complexity index is 1260. The van der Waals surface area contributed by atoms with Crippen LogP contribution in [0.4, 0.5) is 21.5 Å². The van der Waals surface area contributed by atoms with E-state index < -0.39 is 17.6 Å². The van der Waals surface area contributed by atoms with Gasteiger partial charge < -0.3 is 15.4 Å². The number of nitrogens with zero attached hydrogens (tertiary/aromatic N) is 1. The Hall–Kier alpha value is -4.17. The van der Waals surface area contributed by atoms with Crippen LogP contribution in [0.3, 0.4) is 0 Å². The quantitative estimate of drug-likeness (QED) is 0.522. The maximum absolute atomic E-state index is 13.2. The number of anilines is 3. The van der Waals surface area contributed by atoms with Crippen molar-refractivity contribution in [2.45, 2.75) is 0 Å². The normalized spacial score (nSPS) is 13.4. The van der Waals surface area contributed by atoms with Crippen molar-refractivity contribution in [2.24, 2.45) is 0 Å². The fraction of sp³-hybridized carbons (Fsp3) is 0.0417. The first-order chi connectivity index (χ1) is 15.9. The standard InChI is InChI=1S/C24H17ClFN3O4/c1-33-19-12-8-17(9-13-19)28-22(30)14-2-6-16(7-3-14)27-21-20(25)23(31)29(24(21)32)18-10-4-15(26)5-11-18/h2-13,27H,1H3,(H,28,30). The number of nitrogens with one attached hydrogen (secondary N) is 2. The molecule has 4 rings (SSSR count). The van der Waals surface area contributed by atoms with Gasteiger partial charge in [-0.05, 0) is 72.8 Å². The van der Waals surface area contributed by atoms with E-state index in [2.05, 4.69) is 10.6 Å². The molecule has 3 aromatic carbocycles. The summed E-state index contributed by atoms with van der Waals surface area (Å²) in [6, 6.07) is 18.1. The van der Waals surface area contributed by atoms with Crippen LogP contribution in [0.25, 0.3) is 0 Å². The van der Waals surface area contributed by atoms with E-state index in [0.717, 1.165) is 17.0 Å². The lowest BCUT2D eigenvalue weighted by Gasteiger charge is -2.15. The van der Waals surface area contributed by atoms with E-state index >= 15 is 0 Å². The largest absolute Gasteiger partial charge is 0.497 e. The predicted octanol–water partition coefficient (Wildman–Crippen LogP) is 4.52. The number of ether oxygens (including phenoxy) is 1. The smallest absolute Gasteiger partial charge is 0.283 e. The predicted molar refractivity (Wildman–Crippen MR) is 123 cm³/mol. The third-order valence-corrected chi connectivity index (χ3v) is 5.23. The number of rotatable bonds is 6. The van der Waals surface area contributed by atoms with Crippen molar-refractivity contribution in [1.29, 1.82) is 0 Å². The molecule has 0 bridgehead atoms. The first-order valence-electron chi connectivity index (χ1n) is 9.74. The first-order valence-corrected chi connectivity index (χ1v) is 10.1. The Morgan fingerprint density at radius 2 is 1.48 bits per heavy atom. The van der Waals surface area contributed by atoms with Crippen LogP contribution in [0, 0.1) is 5.82 Å². The zero-order valence-electron chi connectivity index (χ0n) is 17.3. The van der Waals surface area contributed by atoms with Gasteiger partial charge in [0.15, 0.2) is 0 Å². The monoisotopic (exact) mass is 465 g/mol. The van der Waals surface area contributed by atoms with Crippen molar-refractivity contribution in [3.05, 3.63) is 94.9 Å². The maximum Gasteiger partial charge on any atom is 0.283 e. The topological polar surface area (TPSA) is 87.7 Å². The summed E-state index contributed by atoms with van der Waals surface area (Å²) in [5.41, 5.74) is 1.54. The van der Waals surface area contributed by atoms with Gasteiger partial charge in [-0.3, -0.25) is 14.4 Å². The number of amides is 3. The van der Waals surface area contributed by atoms with Crippen LogP contribution < -0.4 is 20.3 Å². The minimum atomic E-state index is -0.716. The number of imide groups is 1. The molecule has 3 amide bonds. The minimum Gasteiger partial charge on any atom is -0.497 e. The molecule has 0 aromatic heterocycles. The summed E-state index contributed by atoms with van der Waals surface area (Å²) in [5.74, 6) is -1.52. The summed E-state index contributed by atoms with van der Waals surface area (Å²) >= 11 is 6.10. The van der Waals surface area contributed by atoms with Crippen molar-refractivity contribution in [2.75, 3.05) is 22.6 Å². The van der Waals surface area contributed by atoms with Gasteiger partial charge in [0, 0.05) is 16.9 Å². The number of halogens is 2. The summed E-state index contributed by atoms with van der Waals surface area (Å²) in [6.45, 7) is 0. The molecule has 0 saturated heterocycles. The van der Waals surface area contributed by atoms with Gasteiger partial charge in [-0.1, -0.05) is 11.6 Å². The highest BCUT2D eigenvalue weighted by Crippen LogP contribution is 2.30.